The quantitative estimate of drug-likeness (QED) is 0.702. The molecule has 0 saturated carbocycles. The fourth-order valence-electron chi connectivity index (χ4n) is 3.40. The number of carbonyl (C=O) groups is 3. The van der Waals surface area contributed by atoms with E-state index in [0.717, 1.165) is 36.5 Å². The highest BCUT2D eigenvalue weighted by molar-refractivity contribution is 7.17. The number of likely N-dealkylation sites (N-methyl/N-ethyl adjacent to an activating group) is 1. The van der Waals surface area contributed by atoms with Crippen molar-refractivity contribution in [2.75, 3.05) is 32.1 Å². The SMILES string of the molecule is CCOC(=O)c1c(NC(=O)c2ccc(C(=O)OC)cc2)sc2c1CC[NH+](CC)C2. The number of anilines is 1. The minimum Gasteiger partial charge on any atom is -0.465 e. The summed E-state index contributed by atoms with van der Waals surface area (Å²) in [5.41, 5.74) is 2.22. The van der Waals surface area contributed by atoms with E-state index in [9.17, 15) is 14.4 Å². The van der Waals surface area contributed by atoms with Crippen LogP contribution in [0.4, 0.5) is 5.00 Å². The van der Waals surface area contributed by atoms with Crippen molar-refractivity contribution in [1.82, 2.24) is 0 Å². The molecule has 2 N–H and O–H groups in total. The fourth-order valence-corrected chi connectivity index (χ4v) is 4.70. The molecule has 1 aliphatic rings. The van der Waals surface area contributed by atoms with Gasteiger partial charge in [0, 0.05) is 12.0 Å². The van der Waals surface area contributed by atoms with Crippen LogP contribution in [0.3, 0.4) is 0 Å². The van der Waals surface area contributed by atoms with Crippen LogP contribution in [0.25, 0.3) is 0 Å². The Labute approximate surface area is 173 Å². The number of hydrogen-bond acceptors (Lipinski definition) is 6. The van der Waals surface area contributed by atoms with Gasteiger partial charge >= 0.3 is 11.9 Å². The standard InChI is InChI=1S/C21H24N2O5S/c1-4-23-11-10-15-16(12-23)29-19(17(15)21(26)28-5-2)22-18(24)13-6-8-14(9-7-13)20(25)27-3/h6-9H,4-5,10-12H2,1-3H3,(H,22,24)/p+1. The number of benzene rings is 1. The van der Waals surface area contributed by atoms with Crippen LogP contribution in [-0.2, 0) is 22.4 Å². The predicted molar refractivity (Wildman–Crippen MR) is 110 cm³/mol. The van der Waals surface area contributed by atoms with E-state index in [1.807, 2.05) is 0 Å². The van der Waals surface area contributed by atoms with Gasteiger partial charge < -0.3 is 19.7 Å². The fraction of sp³-hybridized carbons (Fsp3) is 0.381. The second-order valence-corrected chi connectivity index (χ2v) is 7.84. The van der Waals surface area contributed by atoms with Crippen LogP contribution in [0.5, 0.6) is 0 Å². The summed E-state index contributed by atoms with van der Waals surface area (Å²) in [4.78, 5) is 39.5. The highest BCUT2D eigenvalue weighted by atomic mass is 32.1. The Bertz CT molecular complexity index is 920. The van der Waals surface area contributed by atoms with E-state index < -0.39 is 11.9 Å². The Morgan fingerprint density at radius 3 is 2.41 bits per heavy atom. The van der Waals surface area contributed by atoms with Crippen molar-refractivity contribution in [3.63, 3.8) is 0 Å². The number of hydrogen-bond donors (Lipinski definition) is 2. The molecule has 7 nitrogen and oxygen atoms in total. The molecule has 0 saturated heterocycles. The summed E-state index contributed by atoms with van der Waals surface area (Å²) in [7, 11) is 1.31. The van der Waals surface area contributed by atoms with Crippen molar-refractivity contribution in [2.45, 2.75) is 26.8 Å². The zero-order chi connectivity index (χ0) is 21.0. The summed E-state index contributed by atoms with van der Waals surface area (Å²) < 4.78 is 9.92. The lowest BCUT2D eigenvalue weighted by atomic mass is 10.0. The molecule has 1 atom stereocenters. The lowest BCUT2D eigenvalue weighted by Gasteiger charge is -2.22. The van der Waals surface area contributed by atoms with Gasteiger partial charge in [0.15, 0.2) is 0 Å². The highest BCUT2D eigenvalue weighted by Crippen LogP contribution is 2.35. The van der Waals surface area contributed by atoms with Gasteiger partial charge in [0.25, 0.3) is 5.91 Å². The number of quaternary nitrogens is 1. The van der Waals surface area contributed by atoms with Crippen molar-refractivity contribution in [2.24, 2.45) is 0 Å². The molecule has 0 aliphatic carbocycles. The maximum Gasteiger partial charge on any atom is 0.341 e. The van der Waals surface area contributed by atoms with Crippen LogP contribution in [0.1, 0.15) is 55.4 Å². The largest absolute Gasteiger partial charge is 0.465 e. The maximum absolute atomic E-state index is 12.8. The van der Waals surface area contributed by atoms with Crippen LogP contribution < -0.4 is 10.2 Å². The average molecular weight is 418 g/mol. The molecule has 3 rings (SSSR count). The van der Waals surface area contributed by atoms with E-state index >= 15 is 0 Å². The van der Waals surface area contributed by atoms with E-state index in [1.165, 1.54) is 35.5 Å². The van der Waals surface area contributed by atoms with E-state index in [0.29, 0.717) is 21.7 Å². The summed E-state index contributed by atoms with van der Waals surface area (Å²) in [6.45, 7) is 6.99. The van der Waals surface area contributed by atoms with Gasteiger partial charge in [0.1, 0.15) is 11.5 Å². The first-order valence-electron chi connectivity index (χ1n) is 9.63. The summed E-state index contributed by atoms with van der Waals surface area (Å²) in [5, 5.41) is 3.39. The average Bonchev–Trinajstić information content (AvgIpc) is 3.10. The number of rotatable bonds is 6. The molecule has 1 aromatic carbocycles. The van der Waals surface area contributed by atoms with E-state index in [1.54, 1.807) is 19.1 Å². The molecule has 154 valence electrons. The van der Waals surface area contributed by atoms with E-state index in [-0.39, 0.29) is 12.5 Å². The zero-order valence-corrected chi connectivity index (χ0v) is 17.6. The van der Waals surface area contributed by atoms with Crippen molar-refractivity contribution in [3.8, 4) is 0 Å². The van der Waals surface area contributed by atoms with Gasteiger partial charge in [-0.1, -0.05) is 0 Å². The normalized spacial score (nSPS) is 15.3. The number of methoxy groups -OCH3 is 1. The monoisotopic (exact) mass is 417 g/mol. The summed E-state index contributed by atoms with van der Waals surface area (Å²) >= 11 is 1.44. The molecular weight excluding hydrogens is 392 g/mol. The number of nitrogens with one attached hydrogen (secondary N) is 2. The minimum atomic E-state index is -0.463. The highest BCUT2D eigenvalue weighted by Gasteiger charge is 2.31. The van der Waals surface area contributed by atoms with Crippen LogP contribution in [0, 0.1) is 0 Å². The smallest absolute Gasteiger partial charge is 0.341 e. The maximum atomic E-state index is 12.8. The molecular formula is C21H25N2O5S+. The van der Waals surface area contributed by atoms with Gasteiger partial charge in [-0.25, -0.2) is 9.59 Å². The molecule has 0 radical (unpaired) electrons. The zero-order valence-electron chi connectivity index (χ0n) is 16.8. The number of carbonyl (C=O) groups excluding carboxylic acids is 3. The van der Waals surface area contributed by atoms with Crippen LogP contribution in [0.15, 0.2) is 24.3 Å². The van der Waals surface area contributed by atoms with Gasteiger partial charge in [-0.15, -0.1) is 11.3 Å². The van der Waals surface area contributed by atoms with Crippen molar-refractivity contribution >= 4 is 34.2 Å². The van der Waals surface area contributed by atoms with Gasteiger partial charge in [-0.2, -0.15) is 0 Å². The van der Waals surface area contributed by atoms with Crippen LogP contribution in [0.2, 0.25) is 0 Å². The number of ether oxygens (including phenoxy) is 2. The molecule has 0 fully saturated rings. The number of amides is 1. The Morgan fingerprint density at radius 2 is 1.79 bits per heavy atom. The summed E-state index contributed by atoms with van der Waals surface area (Å²) in [6.07, 6.45) is 0.785. The number of thiophene rings is 1. The Hall–Kier alpha value is -2.71. The van der Waals surface area contributed by atoms with Crippen molar-refractivity contribution in [3.05, 3.63) is 51.4 Å². The topological polar surface area (TPSA) is 86.1 Å². The Morgan fingerprint density at radius 1 is 1.10 bits per heavy atom. The molecule has 0 spiro atoms. The minimum absolute atomic E-state index is 0.276. The Kier molecular flexibility index (Phi) is 6.66. The Balaban J connectivity index is 1.87. The molecule has 8 heteroatoms. The van der Waals surface area contributed by atoms with Gasteiger partial charge in [0.05, 0.1) is 42.8 Å². The van der Waals surface area contributed by atoms with E-state index in [2.05, 4.69) is 17.0 Å². The first-order chi connectivity index (χ1) is 14.0. The van der Waals surface area contributed by atoms with E-state index in [4.69, 9.17) is 4.74 Å². The van der Waals surface area contributed by atoms with Crippen LogP contribution in [-0.4, -0.2) is 44.7 Å². The lowest BCUT2D eigenvalue weighted by molar-refractivity contribution is -0.913. The van der Waals surface area contributed by atoms with Crippen molar-refractivity contribution < 1.29 is 28.8 Å². The third-order valence-corrected chi connectivity index (χ3v) is 6.15. The van der Waals surface area contributed by atoms with Gasteiger partial charge in [-0.3, -0.25) is 4.79 Å². The van der Waals surface area contributed by atoms with Crippen molar-refractivity contribution in [1.29, 1.82) is 0 Å². The third-order valence-electron chi connectivity index (χ3n) is 5.00. The second kappa shape index (κ2) is 9.19. The molecule has 1 amide bonds. The summed E-state index contributed by atoms with van der Waals surface area (Å²) in [5.74, 6) is -1.21. The third kappa shape index (κ3) is 4.49. The molecule has 29 heavy (non-hydrogen) atoms. The predicted octanol–water partition coefficient (Wildman–Crippen LogP) is 1.92. The first-order valence-corrected chi connectivity index (χ1v) is 10.4. The lowest BCUT2D eigenvalue weighted by Crippen LogP contribution is -3.11. The first kappa shape index (κ1) is 21.0. The second-order valence-electron chi connectivity index (χ2n) is 6.73. The van der Waals surface area contributed by atoms with Crippen LogP contribution >= 0.6 is 11.3 Å². The van der Waals surface area contributed by atoms with Gasteiger partial charge in [-0.05, 0) is 43.7 Å². The molecule has 1 aliphatic heterocycles. The molecule has 2 aromatic rings. The molecule has 1 unspecified atom stereocenters. The molecule has 1 aromatic heterocycles. The number of fused-ring (bicyclic) bond motifs is 1. The molecule has 2 heterocycles. The number of esters is 2. The van der Waals surface area contributed by atoms with Gasteiger partial charge in [0.2, 0.25) is 0 Å². The molecule has 0 bridgehead atoms. The summed E-state index contributed by atoms with van der Waals surface area (Å²) in [6, 6.07) is 6.19.